The second-order valence-electron chi connectivity index (χ2n) is 4.26. The summed E-state index contributed by atoms with van der Waals surface area (Å²) in [5.74, 6) is -0.0574. The van der Waals surface area contributed by atoms with Gasteiger partial charge in [-0.15, -0.1) is 0 Å². The Morgan fingerprint density at radius 1 is 1.33 bits per heavy atom. The minimum atomic E-state index is -0.0574. The highest BCUT2D eigenvalue weighted by molar-refractivity contribution is 5.88. The molecule has 4 heteroatoms. The number of aliphatic imine (C=N–C) groups is 1. The van der Waals surface area contributed by atoms with E-state index in [4.69, 9.17) is 0 Å². The second kappa shape index (κ2) is 7.48. The van der Waals surface area contributed by atoms with Crippen molar-refractivity contribution in [3.63, 3.8) is 0 Å². The van der Waals surface area contributed by atoms with Crippen LogP contribution in [0.4, 0.5) is 11.4 Å². The molecule has 0 radical (unpaired) electrons. The van der Waals surface area contributed by atoms with Crippen LogP contribution in [0.25, 0.3) is 0 Å². The molecular weight excluding hydrogens is 226 g/mol. The van der Waals surface area contributed by atoms with Crippen LogP contribution in [-0.4, -0.2) is 24.7 Å². The van der Waals surface area contributed by atoms with E-state index in [2.05, 4.69) is 29.5 Å². The summed E-state index contributed by atoms with van der Waals surface area (Å²) in [4.78, 5) is 15.2. The van der Waals surface area contributed by atoms with Crippen molar-refractivity contribution in [3.8, 4) is 0 Å². The summed E-state index contributed by atoms with van der Waals surface area (Å²) < 4.78 is 0. The molecule has 0 aliphatic heterocycles. The average molecular weight is 247 g/mol. The lowest BCUT2D eigenvalue weighted by Gasteiger charge is -2.13. The number of rotatable bonds is 6. The van der Waals surface area contributed by atoms with E-state index >= 15 is 0 Å². The first-order valence-corrected chi connectivity index (χ1v) is 6.24. The summed E-state index contributed by atoms with van der Waals surface area (Å²) in [5.41, 5.74) is 1.84. The summed E-state index contributed by atoms with van der Waals surface area (Å²) in [6.45, 7) is 6.43. The molecule has 0 aromatic heterocycles. The number of nitrogens with zero attached hydrogens (tertiary/aromatic N) is 1. The van der Waals surface area contributed by atoms with Crippen LogP contribution in [0.5, 0.6) is 0 Å². The fraction of sp³-hybridized carbons (Fsp3) is 0.429. The van der Waals surface area contributed by atoms with Gasteiger partial charge in [0.2, 0.25) is 5.91 Å². The molecule has 4 nitrogen and oxygen atoms in total. The molecule has 1 atom stereocenters. The van der Waals surface area contributed by atoms with E-state index in [9.17, 15) is 4.79 Å². The third kappa shape index (κ3) is 5.48. The maximum atomic E-state index is 10.9. The normalized spacial score (nSPS) is 12.4. The minimum absolute atomic E-state index is 0.0574. The van der Waals surface area contributed by atoms with Crippen molar-refractivity contribution in [2.75, 3.05) is 17.2 Å². The van der Waals surface area contributed by atoms with Crippen molar-refractivity contribution >= 4 is 23.5 Å². The zero-order valence-electron chi connectivity index (χ0n) is 11.2. The second-order valence-corrected chi connectivity index (χ2v) is 4.26. The molecule has 0 aliphatic carbocycles. The summed E-state index contributed by atoms with van der Waals surface area (Å²) >= 11 is 0. The van der Waals surface area contributed by atoms with Crippen molar-refractivity contribution in [3.05, 3.63) is 24.3 Å². The predicted octanol–water partition coefficient (Wildman–Crippen LogP) is 2.93. The van der Waals surface area contributed by atoms with Gasteiger partial charge >= 0.3 is 0 Å². The Bertz CT molecular complexity index is 398. The van der Waals surface area contributed by atoms with Crippen molar-refractivity contribution < 1.29 is 4.79 Å². The lowest BCUT2D eigenvalue weighted by molar-refractivity contribution is -0.114. The van der Waals surface area contributed by atoms with Gasteiger partial charge in [-0.25, -0.2) is 0 Å². The van der Waals surface area contributed by atoms with Gasteiger partial charge in [-0.1, -0.05) is 6.92 Å². The third-order valence-electron chi connectivity index (χ3n) is 2.31. The molecular formula is C14H21N3O. The topological polar surface area (TPSA) is 53.5 Å². The molecule has 18 heavy (non-hydrogen) atoms. The molecule has 1 unspecified atom stereocenters. The molecule has 1 aromatic rings. The van der Waals surface area contributed by atoms with Crippen LogP contribution in [0.2, 0.25) is 0 Å². The predicted molar refractivity (Wildman–Crippen MR) is 77.5 cm³/mol. The molecule has 0 saturated heterocycles. The summed E-state index contributed by atoms with van der Waals surface area (Å²) in [6, 6.07) is 7.95. The van der Waals surface area contributed by atoms with E-state index in [1.54, 1.807) is 0 Å². The molecule has 0 fully saturated rings. The van der Waals surface area contributed by atoms with Crippen LogP contribution >= 0.6 is 0 Å². The van der Waals surface area contributed by atoms with Crippen LogP contribution < -0.4 is 10.6 Å². The number of nitrogens with one attached hydrogen (secondary N) is 2. The van der Waals surface area contributed by atoms with Crippen molar-refractivity contribution in [2.24, 2.45) is 4.99 Å². The zero-order chi connectivity index (χ0) is 13.4. The number of hydrogen-bond donors (Lipinski definition) is 2. The first-order valence-electron chi connectivity index (χ1n) is 6.24. The number of hydrogen-bond acceptors (Lipinski definition) is 3. The Hall–Kier alpha value is -1.84. The van der Waals surface area contributed by atoms with Gasteiger partial charge in [0.15, 0.2) is 0 Å². The van der Waals surface area contributed by atoms with E-state index < -0.39 is 0 Å². The number of carbonyl (C=O) groups excluding carboxylic acids is 1. The average Bonchev–Trinajstić information content (AvgIpc) is 2.31. The molecule has 1 aromatic carbocycles. The van der Waals surface area contributed by atoms with Gasteiger partial charge in [-0.2, -0.15) is 0 Å². The smallest absolute Gasteiger partial charge is 0.221 e. The van der Waals surface area contributed by atoms with Gasteiger partial charge in [0.1, 0.15) is 0 Å². The zero-order valence-corrected chi connectivity index (χ0v) is 11.2. The quantitative estimate of drug-likeness (QED) is 0.759. The molecule has 1 rings (SSSR count). The highest BCUT2D eigenvalue weighted by Crippen LogP contribution is 2.14. The summed E-state index contributed by atoms with van der Waals surface area (Å²) in [6.07, 6.45) is 2.90. The Morgan fingerprint density at radius 2 is 1.94 bits per heavy atom. The monoisotopic (exact) mass is 247 g/mol. The molecule has 0 heterocycles. The van der Waals surface area contributed by atoms with Gasteiger partial charge < -0.3 is 10.6 Å². The van der Waals surface area contributed by atoms with Gasteiger partial charge in [0, 0.05) is 24.3 Å². The van der Waals surface area contributed by atoms with Gasteiger partial charge in [0.05, 0.1) is 6.54 Å². The molecule has 1 amide bonds. The Balaban J connectivity index is 2.47. The van der Waals surface area contributed by atoms with E-state index in [0.29, 0.717) is 6.04 Å². The number of carbonyl (C=O) groups is 1. The van der Waals surface area contributed by atoms with Gasteiger partial charge in [-0.3, -0.25) is 9.79 Å². The van der Waals surface area contributed by atoms with Gasteiger partial charge in [0.25, 0.3) is 0 Å². The molecule has 2 N–H and O–H groups in total. The molecule has 98 valence electrons. The van der Waals surface area contributed by atoms with E-state index in [1.807, 2.05) is 30.5 Å². The van der Waals surface area contributed by atoms with Crippen LogP contribution in [0.15, 0.2) is 29.3 Å². The van der Waals surface area contributed by atoms with Gasteiger partial charge in [-0.05, 0) is 43.8 Å². The van der Waals surface area contributed by atoms with E-state index in [0.717, 1.165) is 24.3 Å². The fourth-order valence-electron chi connectivity index (χ4n) is 1.54. The van der Waals surface area contributed by atoms with Crippen LogP contribution in [0, 0.1) is 0 Å². The van der Waals surface area contributed by atoms with Crippen LogP contribution in [0.3, 0.4) is 0 Å². The lowest BCUT2D eigenvalue weighted by Crippen LogP contribution is -2.18. The standard InChI is InChI=1S/C14H21N3O/c1-4-9-15-10-11(2)16-13-5-7-14(8-6-13)17-12(3)18/h5-9,11,16H,4,10H2,1-3H3,(H,17,18). The minimum Gasteiger partial charge on any atom is -0.381 e. The highest BCUT2D eigenvalue weighted by atomic mass is 16.1. The Morgan fingerprint density at radius 3 is 2.50 bits per heavy atom. The number of benzene rings is 1. The maximum Gasteiger partial charge on any atom is 0.221 e. The third-order valence-corrected chi connectivity index (χ3v) is 2.31. The number of anilines is 2. The van der Waals surface area contributed by atoms with Crippen molar-refractivity contribution in [2.45, 2.75) is 33.2 Å². The van der Waals surface area contributed by atoms with Crippen molar-refractivity contribution in [1.82, 2.24) is 0 Å². The van der Waals surface area contributed by atoms with E-state index in [-0.39, 0.29) is 5.91 Å². The molecule has 0 spiro atoms. The van der Waals surface area contributed by atoms with Crippen molar-refractivity contribution in [1.29, 1.82) is 0 Å². The lowest BCUT2D eigenvalue weighted by atomic mass is 10.2. The Kier molecular flexibility index (Phi) is 5.91. The van der Waals surface area contributed by atoms with E-state index in [1.165, 1.54) is 6.92 Å². The SMILES string of the molecule is CCC=NCC(C)Nc1ccc(NC(C)=O)cc1. The van der Waals surface area contributed by atoms with Crippen LogP contribution in [-0.2, 0) is 4.79 Å². The first-order chi connectivity index (χ1) is 8.61. The summed E-state index contributed by atoms with van der Waals surface area (Å²) in [7, 11) is 0. The largest absolute Gasteiger partial charge is 0.381 e. The maximum absolute atomic E-state index is 10.9. The Labute approximate surface area is 109 Å². The molecule has 0 aliphatic rings. The number of amides is 1. The van der Waals surface area contributed by atoms with Crippen LogP contribution in [0.1, 0.15) is 27.2 Å². The molecule has 0 bridgehead atoms. The molecule has 0 saturated carbocycles. The summed E-state index contributed by atoms with van der Waals surface area (Å²) in [5, 5.41) is 6.09. The highest BCUT2D eigenvalue weighted by Gasteiger charge is 2.01. The first kappa shape index (κ1) is 14.2. The fourth-order valence-corrected chi connectivity index (χ4v) is 1.54.